The number of unbranched alkanes of at least 4 members (excludes halogenated alkanes) is 15. The molecule has 0 saturated carbocycles. The van der Waals surface area contributed by atoms with Crippen molar-refractivity contribution >= 4 is 0 Å². The number of ether oxygens (including phenoxy) is 1. The van der Waals surface area contributed by atoms with Crippen LogP contribution in [0.3, 0.4) is 0 Å². The Labute approximate surface area is 147 Å². The van der Waals surface area contributed by atoms with E-state index >= 15 is 0 Å². The third-order valence-corrected chi connectivity index (χ3v) is 4.59. The van der Waals surface area contributed by atoms with Gasteiger partial charge in [0, 0.05) is 6.61 Å². The molecular formula is C22H44O. The molecule has 23 heavy (non-hydrogen) atoms. The molecule has 138 valence electrons. The number of hydrogen-bond donors (Lipinski definition) is 0. The van der Waals surface area contributed by atoms with Crippen LogP contribution in [-0.4, -0.2) is 13.2 Å². The van der Waals surface area contributed by atoms with E-state index in [1.54, 1.807) is 0 Å². The first-order chi connectivity index (χ1) is 11.4. The van der Waals surface area contributed by atoms with Gasteiger partial charge in [-0.05, 0) is 13.3 Å². The molecule has 0 aliphatic heterocycles. The van der Waals surface area contributed by atoms with E-state index in [0.29, 0.717) is 0 Å². The lowest BCUT2D eigenvalue weighted by atomic mass is 10.0. The highest BCUT2D eigenvalue weighted by Gasteiger charge is 1.94. The van der Waals surface area contributed by atoms with E-state index in [0.717, 1.165) is 13.2 Å². The summed E-state index contributed by atoms with van der Waals surface area (Å²) in [5, 5.41) is 0. The molecule has 0 aromatic carbocycles. The van der Waals surface area contributed by atoms with Crippen molar-refractivity contribution in [3.63, 3.8) is 0 Å². The van der Waals surface area contributed by atoms with Crippen molar-refractivity contribution in [3.05, 3.63) is 12.2 Å². The van der Waals surface area contributed by atoms with Crippen molar-refractivity contribution in [3.8, 4) is 0 Å². The predicted molar refractivity (Wildman–Crippen MR) is 105 cm³/mol. The van der Waals surface area contributed by atoms with Crippen molar-refractivity contribution in [2.45, 2.75) is 117 Å². The van der Waals surface area contributed by atoms with Gasteiger partial charge < -0.3 is 4.74 Å². The number of allylic oxidation sites excluding steroid dienone is 1. The molecule has 1 nitrogen and oxygen atoms in total. The second-order valence-corrected chi connectivity index (χ2v) is 6.95. The summed E-state index contributed by atoms with van der Waals surface area (Å²) in [6.07, 6.45) is 26.9. The summed E-state index contributed by atoms with van der Waals surface area (Å²) in [7, 11) is 0. The van der Waals surface area contributed by atoms with E-state index in [1.807, 2.05) is 13.0 Å². The second kappa shape index (κ2) is 21.7. The van der Waals surface area contributed by atoms with Gasteiger partial charge in [-0.25, -0.2) is 0 Å². The van der Waals surface area contributed by atoms with Gasteiger partial charge in [0.25, 0.3) is 0 Å². The molecule has 0 bridgehead atoms. The van der Waals surface area contributed by atoms with Crippen molar-refractivity contribution in [1.82, 2.24) is 0 Å². The van der Waals surface area contributed by atoms with E-state index in [4.69, 9.17) is 4.74 Å². The zero-order valence-electron chi connectivity index (χ0n) is 16.3. The van der Waals surface area contributed by atoms with Crippen LogP contribution in [0.15, 0.2) is 12.2 Å². The molecule has 0 fully saturated rings. The Morgan fingerprint density at radius 3 is 1.35 bits per heavy atom. The molecule has 0 heterocycles. The Balaban J connectivity index is 2.95. The van der Waals surface area contributed by atoms with Crippen LogP contribution in [0, 0.1) is 0 Å². The lowest BCUT2D eigenvalue weighted by Crippen LogP contribution is -1.94. The zero-order chi connectivity index (χ0) is 16.8. The molecular weight excluding hydrogens is 280 g/mol. The molecule has 0 atom stereocenters. The topological polar surface area (TPSA) is 9.23 Å². The van der Waals surface area contributed by atoms with Gasteiger partial charge in [-0.3, -0.25) is 0 Å². The third-order valence-electron chi connectivity index (χ3n) is 4.59. The second-order valence-electron chi connectivity index (χ2n) is 6.95. The molecule has 0 aliphatic rings. The van der Waals surface area contributed by atoms with Gasteiger partial charge in [0.2, 0.25) is 0 Å². The van der Waals surface area contributed by atoms with Crippen LogP contribution >= 0.6 is 0 Å². The Bertz CT molecular complexity index is 222. The maximum atomic E-state index is 5.51. The smallest absolute Gasteiger partial charge is 0.0647 e. The molecule has 0 amide bonds. The van der Waals surface area contributed by atoms with Gasteiger partial charge in [-0.15, -0.1) is 0 Å². The quantitative estimate of drug-likeness (QED) is 0.174. The predicted octanol–water partition coefficient (Wildman–Crippen LogP) is 7.84. The molecule has 0 N–H and O–H groups in total. The van der Waals surface area contributed by atoms with Crippen LogP contribution in [0.4, 0.5) is 0 Å². The Hall–Kier alpha value is -0.300. The minimum absolute atomic E-state index is 0.787. The van der Waals surface area contributed by atoms with Gasteiger partial charge in [-0.1, -0.05) is 115 Å². The molecule has 0 saturated heterocycles. The van der Waals surface area contributed by atoms with Crippen molar-refractivity contribution in [2.24, 2.45) is 0 Å². The van der Waals surface area contributed by atoms with Crippen molar-refractivity contribution in [1.29, 1.82) is 0 Å². The van der Waals surface area contributed by atoms with E-state index in [2.05, 4.69) is 13.0 Å². The molecule has 0 spiro atoms. The van der Waals surface area contributed by atoms with Crippen LogP contribution in [0.5, 0.6) is 0 Å². The highest BCUT2D eigenvalue weighted by Crippen LogP contribution is 2.13. The fourth-order valence-corrected chi connectivity index (χ4v) is 3.00. The van der Waals surface area contributed by atoms with Crippen molar-refractivity contribution < 1.29 is 4.74 Å². The van der Waals surface area contributed by atoms with Crippen LogP contribution in [0.2, 0.25) is 0 Å². The van der Waals surface area contributed by atoms with Crippen molar-refractivity contribution in [2.75, 3.05) is 13.2 Å². The molecule has 0 aromatic rings. The average molecular weight is 325 g/mol. The summed E-state index contributed by atoms with van der Waals surface area (Å²) in [4.78, 5) is 0. The number of rotatable bonds is 19. The molecule has 0 rings (SSSR count). The van der Waals surface area contributed by atoms with E-state index < -0.39 is 0 Å². The largest absolute Gasteiger partial charge is 0.377 e. The van der Waals surface area contributed by atoms with E-state index in [9.17, 15) is 0 Å². The van der Waals surface area contributed by atoms with Crippen LogP contribution in [-0.2, 0) is 4.74 Å². The SMILES string of the molecule is CC=CCOCCCCCCCCCCCCCCCCCC. The van der Waals surface area contributed by atoms with E-state index in [1.165, 1.54) is 103 Å². The van der Waals surface area contributed by atoms with Gasteiger partial charge in [0.1, 0.15) is 0 Å². The average Bonchev–Trinajstić information content (AvgIpc) is 2.57. The maximum Gasteiger partial charge on any atom is 0.0647 e. The molecule has 0 unspecified atom stereocenters. The first-order valence-electron chi connectivity index (χ1n) is 10.6. The standard InChI is InChI=1S/C22H44O/c1-3-5-7-8-9-10-11-12-13-14-15-16-17-18-19-20-22-23-21-6-4-2/h4,6H,3,5,7-22H2,1-2H3. The Morgan fingerprint density at radius 1 is 0.565 bits per heavy atom. The minimum Gasteiger partial charge on any atom is -0.377 e. The first kappa shape index (κ1) is 22.7. The number of hydrogen-bond acceptors (Lipinski definition) is 1. The van der Waals surface area contributed by atoms with Crippen LogP contribution in [0.1, 0.15) is 117 Å². The lowest BCUT2D eigenvalue weighted by molar-refractivity contribution is 0.157. The van der Waals surface area contributed by atoms with Gasteiger partial charge in [0.05, 0.1) is 6.61 Å². The van der Waals surface area contributed by atoms with Gasteiger partial charge in [0.15, 0.2) is 0 Å². The summed E-state index contributed by atoms with van der Waals surface area (Å²) >= 11 is 0. The summed E-state index contributed by atoms with van der Waals surface area (Å²) in [5.74, 6) is 0. The molecule has 0 aromatic heterocycles. The Kier molecular flexibility index (Phi) is 21.4. The normalized spacial score (nSPS) is 11.6. The minimum atomic E-state index is 0.787. The van der Waals surface area contributed by atoms with E-state index in [-0.39, 0.29) is 0 Å². The van der Waals surface area contributed by atoms with Crippen LogP contribution in [0.25, 0.3) is 0 Å². The molecule has 0 radical (unpaired) electrons. The highest BCUT2D eigenvalue weighted by atomic mass is 16.5. The summed E-state index contributed by atoms with van der Waals surface area (Å²) in [6, 6.07) is 0. The Morgan fingerprint density at radius 2 is 0.957 bits per heavy atom. The fraction of sp³-hybridized carbons (Fsp3) is 0.909. The highest BCUT2D eigenvalue weighted by molar-refractivity contribution is 4.75. The summed E-state index contributed by atoms with van der Waals surface area (Å²) in [6.45, 7) is 6.05. The summed E-state index contributed by atoms with van der Waals surface area (Å²) in [5.41, 5.74) is 0. The van der Waals surface area contributed by atoms with Gasteiger partial charge in [-0.2, -0.15) is 0 Å². The molecule has 0 aliphatic carbocycles. The zero-order valence-corrected chi connectivity index (χ0v) is 16.3. The monoisotopic (exact) mass is 324 g/mol. The fourth-order valence-electron chi connectivity index (χ4n) is 3.00. The molecule has 1 heteroatoms. The first-order valence-corrected chi connectivity index (χ1v) is 10.6. The van der Waals surface area contributed by atoms with Crippen LogP contribution < -0.4 is 0 Å². The lowest BCUT2D eigenvalue weighted by Gasteiger charge is -2.04. The maximum absolute atomic E-state index is 5.51. The summed E-state index contributed by atoms with van der Waals surface area (Å²) < 4.78 is 5.51. The van der Waals surface area contributed by atoms with Gasteiger partial charge >= 0.3 is 0 Å². The third kappa shape index (κ3) is 21.7.